The van der Waals surface area contributed by atoms with Gasteiger partial charge in [0, 0.05) is 40.7 Å². The normalized spacial score (nSPS) is 11.0. The van der Waals surface area contributed by atoms with Crippen molar-refractivity contribution in [3.63, 3.8) is 0 Å². The van der Waals surface area contributed by atoms with Crippen LogP contribution in [0.15, 0.2) is 43.0 Å². The summed E-state index contributed by atoms with van der Waals surface area (Å²) in [5.74, 6) is -4.40. The second kappa shape index (κ2) is 6.13. The minimum Gasteiger partial charge on any atom is -0.366 e. The summed E-state index contributed by atoms with van der Waals surface area (Å²) < 4.78 is 28.7. The Labute approximate surface area is 150 Å². The topological polar surface area (TPSA) is 118 Å². The molecular weight excluding hydrogens is 356 g/mol. The van der Waals surface area contributed by atoms with Gasteiger partial charge in [-0.15, -0.1) is 0 Å². The number of aromatic nitrogens is 4. The molecule has 0 aliphatic carbocycles. The summed E-state index contributed by atoms with van der Waals surface area (Å²) in [4.78, 5) is 31.2. The van der Waals surface area contributed by atoms with Crippen LogP contribution in [0.1, 0.15) is 26.3 Å². The number of nitrogens with two attached hydrogens (primary N) is 1. The molecule has 0 fully saturated rings. The van der Waals surface area contributed by atoms with E-state index in [0.717, 1.165) is 17.7 Å². The molecule has 0 unspecified atom stereocenters. The van der Waals surface area contributed by atoms with E-state index in [4.69, 9.17) is 5.73 Å². The van der Waals surface area contributed by atoms with Gasteiger partial charge in [0.25, 0.3) is 5.91 Å². The number of pyridine rings is 1. The number of hydrogen-bond donors (Lipinski definition) is 3. The molecule has 0 aliphatic rings. The fraction of sp³-hybridized carbons (Fsp3) is 0. The van der Waals surface area contributed by atoms with Crippen LogP contribution in [0.2, 0.25) is 0 Å². The molecule has 27 heavy (non-hydrogen) atoms. The number of amides is 1. The number of nitrogens with one attached hydrogen (secondary N) is 2. The number of rotatable bonds is 4. The van der Waals surface area contributed by atoms with Crippen LogP contribution in [0.3, 0.4) is 0 Å². The summed E-state index contributed by atoms with van der Waals surface area (Å²) in [6.45, 7) is 0. The average molecular weight is 367 g/mol. The lowest BCUT2D eigenvalue weighted by Crippen LogP contribution is -2.17. The molecule has 134 valence electrons. The maximum Gasteiger partial charge on any atom is 0.251 e. The van der Waals surface area contributed by atoms with Crippen molar-refractivity contribution in [3.8, 4) is 11.1 Å². The zero-order valence-electron chi connectivity index (χ0n) is 13.6. The van der Waals surface area contributed by atoms with Crippen molar-refractivity contribution >= 4 is 22.7 Å². The zero-order chi connectivity index (χ0) is 19.1. The molecule has 0 radical (unpaired) electrons. The maximum atomic E-state index is 14.5. The van der Waals surface area contributed by atoms with E-state index >= 15 is 0 Å². The molecule has 4 N–H and O–H groups in total. The molecule has 4 rings (SSSR count). The van der Waals surface area contributed by atoms with E-state index in [-0.39, 0.29) is 5.56 Å². The molecule has 4 aromatic rings. The number of ketones is 1. The highest BCUT2D eigenvalue weighted by Gasteiger charge is 2.25. The van der Waals surface area contributed by atoms with Crippen molar-refractivity contribution in [2.75, 3.05) is 0 Å². The molecule has 0 aliphatic heterocycles. The van der Waals surface area contributed by atoms with Crippen molar-refractivity contribution < 1.29 is 18.4 Å². The highest BCUT2D eigenvalue weighted by molar-refractivity contribution is 6.17. The van der Waals surface area contributed by atoms with Crippen LogP contribution in [0, 0.1) is 11.6 Å². The van der Waals surface area contributed by atoms with Crippen LogP contribution in [0.4, 0.5) is 8.78 Å². The molecule has 1 amide bonds. The predicted octanol–water partition coefficient (Wildman–Crippen LogP) is 2.56. The monoisotopic (exact) mass is 367 g/mol. The van der Waals surface area contributed by atoms with Gasteiger partial charge in [0.05, 0.1) is 17.3 Å². The van der Waals surface area contributed by atoms with Crippen LogP contribution >= 0.6 is 0 Å². The first kappa shape index (κ1) is 16.6. The summed E-state index contributed by atoms with van der Waals surface area (Å²) in [5.41, 5.74) is 5.46. The standard InChI is InChI=1S/C18H11F2N5O2/c19-13-2-1-10(17(21)27)15(20)14(13)16(26)12-7-23-18-11(12)3-8(4-22-18)9-5-24-25-6-9/h1-7H,(H2,21,27)(H,22,23)(H,24,25). The first-order valence-corrected chi connectivity index (χ1v) is 7.76. The number of benzene rings is 1. The number of carbonyl (C=O) groups excluding carboxylic acids is 2. The first-order valence-electron chi connectivity index (χ1n) is 7.76. The number of primary amides is 1. The van der Waals surface area contributed by atoms with Gasteiger partial charge in [0.2, 0.25) is 5.78 Å². The molecule has 0 bridgehead atoms. The highest BCUT2D eigenvalue weighted by Crippen LogP contribution is 2.27. The van der Waals surface area contributed by atoms with E-state index in [1.807, 2.05) is 0 Å². The van der Waals surface area contributed by atoms with Gasteiger partial charge in [-0.05, 0) is 18.2 Å². The van der Waals surface area contributed by atoms with Crippen LogP contribution in [-0.4, -0.2) is 31.9 Å². The number of carbonyl (C=O) groups is 2. The number of H-pyrrole nitrogens is 2. The Bertz CT molecular complexity index is 1200. The molecule has 0 saturated carbocycles. The lowest BCUT2D eigenvalue weighted by atomic mass is 9.99. The Hall–Kier alpha value is -3.88. The fourth-order valence-corrected chi connectivity index (χ4v) is 2.84. The molecule has 0 atom stereocenters. The Balaban J connectivity index is 1.88. The molecule has 0 spiro atoms. The molecule has 3 heterocycles. The van der Waals surface area contributed by atoms with Gasteiger partial charge in [0.1, 0.15) is 17.3 Å². The SMILES string of the molecule is NC(=O)c1ccc(F)c(C(=O)c2c[nH]c3ncc(-c4cn[nH]c4)cc23)c1F. The zero-order valence-corrected chi connectivity index (χ0v) is 13.6. The minimum atomic E-state index is -1.29. The Morgan fingerprint density at radius 3 is 2.56 bits per heavy atom. The van der Waals surface area contributed by atoms with E-state index in [2.05, 4.69) is 20.2 Å². The summed E-state index contributed by atoms with van der Waals surface area (Å²) in [6.07, 6.45) is 6.11. The number of hydrogen-bond acceptors (Lipinski definition) is 4. The largest absolute Gasteiger partial charge is 0.366 e. The smallest absolute Gasteiger partial charge is 0.251 e. The van der Waals surface area contributed by atoms with Crippen molar-refractivity contribution in [2.45, 2.75) is 0 Å². The third-order valence-corrected chi connectivity index (χ3v) is 4.19. The molecule has 3 aromatic heterocycles. The second-order valence-electron chi connectivity index (χ2n) is 5.79. The lowest BCUT2D eigenvalue weighted by molar-refractivity contribution is 0.0996. The Morgan fingerprint density at radius 2 is 1.85 bits per heavy atom. The lowest BCUT2D eigenvalue weighted by Gasteiger charge is -2.07. The number of nitrogens with zero attached hydrogens (tertiary/aromatic N) is 2. The van der Waals surface area contributed by atoms with Gasteiger partial charge in [-0.1, -0.05) is 0 Å². The van der Waals surface area contributed by atoms with E-state index < -0.39 is 34.5 Å². The third-order valence-electron chi connectivity index (χ3n) is 4.19. The van der Waals surface area contributed by atoms with Gasteiger partial charge in [0.15, 0.2) is 0 Å². The summed E-state index contributed by atoms with van der Waals surface area (Å²) in [6, 6.07) is 3.39. The Kier molecular flexibility index (Phi) is 3.76. The quantitative estimate of drug-likeness (QED) is 0.481. The first-order chi connectivity index (χ1) is 13.0. The molecular formula is C18H11F2N5O2. The predicted molar refractivity (Wildman–Crippen MR) is 92.0 cm³/mol. The molecule has 1 aromatic carbocycles. The van der Waals surface area contributed by atoms with Crippen LogP contribution in [0.25, 0.3) is 22.2 Å². The summed E-state index contributed by atoms with van der Waals surface area (Å²) in [5, 5.41) is 6.90. The van der Waals surface area contributed by atoms with Gasteiger partial charge in [-0.2, -0.15) is 5.10 Å². The summed E-state index contributed by atoms with van der Waals surface area (Å²) >= 11 is 0. The van der Waals surface area contributed by atoms with Crippen LogP contribution in [-0.2, 0) is 0 Å². The van der Waals surface area contributed by atoms with E-state index in [9.17, 15) is 18.4 Å². The molecule has 7 nitrogen and oxygen atoms in total. The number of fused-ring (bicyclic) bond motifs is 1. The van der Waals surface area contributed by atoms with E-state index in [0.29, 0.717) is 16.6 Å². The minimum absolute atomic E-state index is 0.0160. The van der Waals surface area contributed by atoms with E-state index in [1.54, 1.807) is 24.7 Å². The van der Waals surface area contributed by atoms with Crippen molar-refractivity contribution in [3.05, 3.63) is 71.3 Å². The molecule has 0 saturated heterocycles. The van der Waals surface area contributed by atoms with Crippen molar-refractivity contribution in [2.24, 2.45) is 5.73 Å². The number of aromatic amines is 2. The Morgan fingerprint density at radius 1 is 1.04 bits per heavy atom. The van der Waals surface area contributed by atoms with Gasteiger partial charge in [-0.3, -0.25) is 14.7 Å². The van der Waals surface area contributed by atoms with Crippen LogP contribution in [0.5, 0.6) is 0 Å². The van der Waals surface area contributed by atoms with Gasteiger partial charge < -0.3 is 10.7 Å². The van der Waals surface area contributed by atoms with Crippen LogP contribution < -0.4 is 5.73 Å². The second-order valence-corrected chi connectivity index (χ2v) is 5.79. The average Bonchev–Trinajstić information content (AvgIpc) is 3.30. The third kappa shape index (κ3) is 2.65. The van der Waals surface area contributed by atoms with E-state index in [1.165, 1.54) is 6.20 Å². The van der Waals surface area contributed by atoms with Gasteiger partial charge in [-0.25, -0.2) is 13.8 Å². The molecule has 9 heteroatoms. The fourth-order valence-electron chi connectivity index (χ4n) is 2.84. The summed E-state index contributed by atoms with van der Waals surface area (Å²) in [7, 11) is 0. The number of halogens is 2. The van der Waals surface area contributed by atoms with Crippen molar-refractivity contribution in [1.82, 2.24) is 20.2 Å². The van der Waals surface area contributed by atoms with Crippen molar-refractivity contribution in [1.29, 1.82) is 0 Å². The highest BCUT2D eigenvalue weighted by atomic mass is 19.1. The van der Waals surface area contributed by atoms with Gasteiger partial charge >= 0.3 is 0 Å². The maximum absolute atomic E-state index is 14.5.